The van der Waals surface area contributed by atoms with E-state index in [-0.39, 0.29) is 5.82 Å². The minimum absolute atomic E-state index is 0.000833. The number of hydrogen-bond acceptors (Lipinski definition) is 0. The van der Waals surface area contributed by atoms with Crippen LogP contribution < -0.4 is 0 Å². The van der Waals surface area contributed by atoms with Crippen molar-refractivity contribution < 1.29 is 4.39 Å². The average molecular weight is 192 g/mol. The highest BCUT2D eigenvalue weighted by atomic mass is 19.1. The van der Waals surface area contributed by atoms with Gasteiger partial charge in [0.2, 0.25) is 0 Å². The fourth-order valence-electron chi connectivity index (χ4n) is 1.95. The summed E-state index contributed by atoms with van der Waals surface area (Å²) in [6.45, 7) is 4.19. The van der Waals surface area contributed by atoms with Gasteiger partial charge in [-0.3, -0.25) is 0 Å². The zero-order valence-electron chi connectivity index (χ0n) is 8.89. The van der Waals surface area contributed by atoms with Gasteiger partial charge in [0, 0.05) is 0 Å². The number of rotatable bonds is 2. The van der Waals surface area contributed by atoms with E-state index in [1.807, 2.05) is 6.07 Å². The minimum atomic E-state index is 0.000833. The van der Waals surface area contributed by atoms with Gasteiger partial charge >= 0.3 is 0 Å². The molecule has 0 saturated heterocycles. The zero-order chi connectivity index (χ0) is 10.1. The van der Waals surface area contributed by atoms with Crippen LogP contribution in [-0.4, -0.2) is 0 Å². The van der Waals surface area contributed by atoms with E-state index in [2.05, 4.69) is 19.9 Å². The average Bonchev–Trinajstić information content (AvgIpc) is 2.04. The molecule has 1 aromatic carbocycles. The molecule has 0 heterocycles. The molecular formula is C13H17F. The summed E-state index contributed by atoms with van der Waals surface area (Å²) in [6, 6.07) is 5.76. The van der Waals surface area contributed by atoms with E-state index in [4.69, 9.17) is 0 Å². The van der Waals surface area contributed by atoms with Crippen molar-refractivity contribution in [3.8, 4) is 0 Å². The van der Waals surface area contributed by atoms with Crippen LogP contribution in [0.25, 0.3) is 0 Å². The van der Waals surface area contributed by atoms with E-state index in [1.165, 1.54) is 6.42 Å². The highest BCUT2D eigenvalue weighted by molar-refractivity contribution is 5.29. The minimum Gasteiger partial charge on any atom is -0.207 e. The van der Waals surface area contributed by atoms with Crippen LogP contribution in [0.3, 0.4) is 0 Å². The topological polar surface area (TPSA) is 0 Å². The van der Waals surface area contributed by atoms with Gasteiger partial charge in [-0.25, -0.2) is 4.39 Å². The monoisotopic (exact) mass is 192 g/mol. The summed E-state index contributed by atoms with van der Waals surface area (Å²) in [5.74, 6) is 0.914. The lowest BCUT2D eigenvalue weighted by Gasteiger charge is -2.26. The molecule has 0 aromatic heterocycles. The standard InChI is InChI=1S/C13H17F/c1-9(2)11-6-7-12(13(14)8-11)10-4-3-5-10/h6-10H,3-5H2,1-2H3. The van der Waals surface area contributed by atoms with E-state index < -0.39 is 0 Å². The van der Waals surface area contributed by atoms with Gasteiger partial charge in [0.25, 0.3) is 0 Å². The molecule has 0 N–H and O–H groups in total. The van der Waals surface area contributed by atoms with Crippen LogP contribution in [-0.2, 0) is 0 Å². The molecule has 1 aliphatic rings. The lowest BCUT2D eigenvalue weighted by atomic mass is 9.79. The van der Waals surface area contributed by atoms with Gasteiger partial charge in [0.15, 0.2) is 0 Å². The maximum Gasteiger partial charge on any atom is 0.126 e. The molecule has 0 nitrogen and oxygen atoms in total. The van der Waals surface area contributed by atoms with Gasteiger partial charge in [-0.05, 0) is 41.9 Å². The first-order valence-corrected chi connectivity index (χ1v) is 5.48. The van der Waals surface area contributed by atoms with E-state index in [0.29, 0.717) is 11.8 Å². The third-order valence-electron chi connectivity index (χ3n) is 3.24. The molecule has 0 radical (unpaired) electrons. The zero-order valence-corrected chi connectivity index (χ0v) is 8.89. The maximum atomic E-state index is 13.7. The molecule has 1 saturated carbocycles. The molecule has 1 fully saturated rings. The maximum absolute atomic E-state index is 13.7. The first-order valence-electron chi connectivity index (χ1n) is 5.48. The van der Waals surface area contributed by atoms with Crippen LogP contribution in [0.4, 0.5) is 4.39 Å². The van der Waals surface area contributed by atoms with E-state index in [0.717, 1.165) is 24.0 Å². The molecule has 14 heavy (non-hydrogen) atoms. The van der Waals surface area contributed by atoms with Gasteiger partial charge in [0.1, 0.15) is 5.82 Å². The largest absolute Gasteiger partial charge is 0.207 e. The SMILES string of the molecule is CC(C)c1ccc(C2CCC2)c(F)c1. The molecule has 76 valence electrons. The van der Waals surface area contributed by atoms with Gasteiger partial charge in [-0.2, -0.15) is 0 Å². The normalized spacial score (nSPS) is 17.1. The van der Waals surface area contributed by atoms with Crippen molar-refractivity contribution in [1.29, 1.82) is 0 Å². The molecule has 0 atom stereocenters. The first-order chi connectivity index (χ1) is 6.68. The van der Waals surface area contributed by atoms with Crippen molar-refractivity contribution in [3.05, 3.63) is 35.1 Å². The van der Waals surface area contributed by atoms with Crippen LogP contribution in [0.2, 0.25) is 0 Å². The van der Waals surface area contributed by atoms with Gasteiger partial charge < -0.3 is 0 Å². The van der Waals surface area contributed by atoms with Gasteiger partial charge in [-0.1, -0.05) is 32.4 Å². The van der Waals surface area contributed by atoms with Crippen LogP contribution in [0.15, 0.2) is 18.2 Å². The Kier molecular flexibility index (Phi) is 2.58. The second-order valence-corrected chi connectivity index (χ2v) is 4.56. The second kappa shape index (κ2) is 3.72. The summed E-state index contributed by atoms with van der Waals surface area (Å²) in [4.78, 5) is 0. The molecule has 2 rings (SSSR count). The summed E-state index contributed by atoms with van der Waals surface area (Å²) >= 11 is 0. The predicted molar refractivity (Wildman–Crippen MR) is 57.1 cm³/mol. The van der Waals surface area contributed by atoms with Crippen molar-refractivity contribution >= 4 is 0 Å². The van der Waals surface area contributed by atoms with Crippen molar-refractivity contribution in [2.24, 2.45) is 0 Å². The summed E-state index contributed by atoms with van der Waals surface area (Å²) < 4.78 is 13.7. The molecule has 0 amide bonds. The Bertz CT molecular complexity index is 324. The van der Waals surface area contributed by atoms with Gasteiger partial charge in [0.05, 0.1) is 0 Å². The number of hydrogen-bond donors (Lipinski definition) is 0. The van der Waals surface area contributed by atoms with Crippen LogP contribution >= 0.6 is 0 Å². The molecular weight excluding hydrogens is 175 g/mol. The first kappa shape index (κ1) is 9.70. The van der Waals surface area contributed by atoms with E-state index >= 15 is 0 Å². The second-order valence-electron chi connectivity index (χ2n) is 4.56. The molecule has 0 unspecified atom stereocenters. The molecule has 1 aliphatic carbocycles. The van der Waals surface area contributed by atoms with Crippen molar-refractivity contribution in [3.63, 3.8) is 0 Å². The Morgan fingerprint density at radius 3 is 2.43 bits per heavy atom. The summed E-state index contributed by atoms with van der Waals surface area (Å²) in [6.07, 6.45) is 3.59. The van der Waals surface area contributed by atoms with Crippen molar-refractivity contribution in [1.82, 2.24) is 0 Å². The lowest BCUT2D eigenvalue weighted by Crippen LogP contribution is -2.10. The summed E-state index contributed by atoms with van der Waals surface area (Å²) in [7, 11) is 0. The Hall–Kier alpha value is -0.850. The number of benzene rings is 1. The summed E-state index contributed by atoms with van der Waals surface area (Å²) in [5.41, 5.74) is 2.03. The van der Waals surface area contributed by atoms with E-state index in [9.17, 15) is 4.39 Å². The van der Waals surface area contributed by atoms with Crippen molar-refractivity contribution in [2.75, 3.05) is 0 Å². The fraction of sp³-hybridized carbons (Fsp3) is 0.538. The molecule has 0 aliphatic heterocycles. The predicted octanol–water partition coefficient (Wildman–Crippen LogP) is 4.22. The quantitative estimate of drug-likeness (QED) is 0.658. The van der Waals surface area contributed by atoms with Gasteiger partial charge in [-0.15, -0.1) is 0 Å². The third-order valence-corrected chi connectivity index (χ3v) is 3.24. The van der Waals surface area contributed by atoms with Crippen LogP contribution in [0.5, 0.6) is 0 Å². The molecule has 0 spiro atoms. The lowest BCUT2D eigenvalue weighted by molar-refractivity contribution is 0.404. The van der Waals surface area contributed by atoms with Crippen LogP contribution in [0, 0.1) is 5.82 Å². The fourth-order valence-corrected chi connectivity index (χ4v) is 1.95. The number of halogens is 1. The Balaban J connectivity index is 2.26. The highest BCUT2D eigenvalue weighted by Crippen LogP contribution is 2.38. The van der Waals surface area contributed by atoms with E-state index in [1.54, 1.807) is 6.07 Å². The summed E-state index contributed by atoms with van der Waals surface area (Å²) in [5, 5.41) is 0. The Labute approximate surface area is 85.1 Å². The molecule has 1 heteroatoms. The van der Waals surface area contributed by atoms with Crippen molar-refractivity contribution in [2.45, 2.75) is 44.9 Å². The molecule has 1 aromatic rings. The van der Waals surface area contributed by atoms with Crippen LogP contribution in [0.1, 0.15) is 56.1 Å². The Morgan fingerprint density at radius 1 is 1.29 bits per heavy atom. The molecule has 0 bridgehead atoms. The third kappa shape index (κ3) is 1.68. The smallest absolute Gasteiger partial charge is 0.126 e. The highest BCUT2D eigenvalue weighted by Gasteiger charge is 2.22. The Morgan fingerprint density at radius 2 is 2.00 bits per heavy atom.